The molecule has 0 fully saturated rings. The van der Waals surface area contributed by atoms with E-state index < -0.39 is 0 Å². The van der Waals surface area contributed by atoms with Crippen molar-refractivity contribution in [3.05, 3.63) is 35.7 Å². The van der Waals surface area contributed by atoms with Crippen molar-refractivity contribution in [3.8, 4) is 0 Å². The van der Waals surface area contributed by atoms with Crippen molar-refractivity contribution in [2.45, 2.75) is 25.7 Å². The number of aromatic nitrogens is 2. The topological polar surface area (TPSA) is 42.9 Å². The Hall–Kier alpha value is -1.51. The van der Waals surface area contributed by atoms with E-state index in [4.69, 9.17) is 0 Å². The van der Waals surface area contributed by atoms with Gasteiger partial charge in [-0.15, -0.1) is 5.10 Å². The molecule has 0 aliphatic heterocycles. The minimum Gasteiger partial charge on any atom is -0.287 e. The molecule has 3 heteroatoms. The van der Waals surface area contributed by atoms with Gasteiger partial charge in [-0.3, -0.25) is 4.79 Å². The van der Waals surface area contributed by atoms with Crippen LogP contribution in [-0.2, 0) is 5.41 Å². The third kappa shape index (κ3) is 1.16. The number of carbonyl (C=O) groups excluding carboxylic acids is 1. The predicted octanol–water partition coefficient (Wildman–Crippen LogP) is 1.90. The Morgan fingerprint density at radius 2 is 2.21 bits per heavy atom. The molecule has 0 spiro atoms. The number of hydrogen-bond donors (Lipinski definition) is 0. The highest BCUT2D eigenvalue weighted by Crippen LogP contribution is 2.36. The second-order valence-electron chi connectivity index (χ2n) is 4.29. The molecular formula is C11H12N2O. The number of fused-ring (bicyclic) bond motifs is 1. The maximum atomic E-state index is 11.7. The van der Waals surface area contributed by atoms with Gasteiger partial charge in [-0.1, -0.05) is 20.4 Å². The molecule has 1 aliphatic rings. The highest BCUT2D eigenvalue weighted by atomic mass is 16.1. The monoisotopic (exact) mass is 188 g/mol. The minimum atomic E-state index is -0.0626. The van der Waals surface area contributed by atoms with Crippen LogP contribution in [0.2, 0.25) is 0 Å². The summed E-state index contributed by atoms with van der Waals surface area (Å²) in [5.41, 5.74) is 2.01. The van der Waals surface area contributed by atoms with Crippen LogP contribution in [0.1, 0.15) is 36.3 Å². The number of rotatable bonds is 0. The first-order chi connectivity index (χ1) is 6.52. The van der Waals surface area contributed by atoms with E-state index in [0.717, 1.165) is 5.56 Å². The smallest absolute Gasteiger partial charge is 0.208 e. The van der Waals surface area contributed by atoms with Gasteiger partial charge in [-0.25, -0.2) is 0 Å². The fourth-order valence-electron chi connectivity index (χ4n) is 1.92. The largest absolute Gasteiger partial charge is 0.287 e. The molecule has 3 nitrogen and oxygen atoms in total. The van der Waals surface area contributed by atoms with Crippen molar-refractivity contribution in [1.29, 1.82) is 0 Å². The van der Waals surface area contributed by atoms with Crippen molar-refractivity contribution >= 4 is 5.78 Å². The Morgan fingerprint density at radius 3 is 2.93 bits per heavy atom. The third-order valence-corrected chi connectivity index (χ3v) is 2.64. The zero-order chi connectivity index (χ0) is 10.3. The van der Waals surface area contributed by atoms with Crippen molar-refractivity contribution in [1.82, 2.24) is 10.2 Å². The lowest BCUT2D eigenvalue weighted by molar-refractivity contribution is 0.101. The molecule has 0 unspecified atom stereocenters. The van der Waals surface area contributed by atoms with Crippen LogP contribution >= 0.6 is 0 Å². The summed E-state index contributed by atoms with van der Waals surface area (Å²) in [4.78, 5) is 11.7. The van der Waals surface area contributed by atoms with Gasteiger partial charge in [0, 0.05) is 6.20 Å². The molecule has 0 bridgehead atoms. The van der Waals surface area contributed by atoms with Crippen LogP contribution in [0.15, 0.2) is 24.4 Å². The van der Waals surface area contributed by atoms with E-state index in [2.05, 4.69) is 30.6 Å². The normalized spacial score (nSPS) is 19.3. The van der Waals surface area contributed by atoms with Gasteiger partial charge in [0.2, 0.25) is 5.78 Å². The Bertz CT molecular complexity index is 421. The number of ketones is 1. The Balaban J connectivity index is 2.67. The van der Waals surface area contributed by atoms with Crippen LogP contribution in [-0.4, -0.2) is 16.0 Å². The zero-order valence-electron chi connectivity index (χ0n) is 8.37. The number of carbonyl (C=O) groups is 1. The summed E-state index contributed by atoms with van der Waals surface area (Å²) >= 11 is 0. The van der Waals surface area contributed by atoms with Gasteiger partial charge in [-0.2, -0.15) is 5.10 Å². The molecule has 0 atom stereocenters. The quantitative estimate of drug-likeness (QED) is 0.584. The highest BCUT2D eigenvalue weighted by Gasteiger charge is 2.35. The summed E-state index contributed by atoms with van der Waals surface area (Å²) in [6.45, 7) is 7.95. The first kappa shape index (κ1) is 9.06. The molecule has 1 aromatic rings. The van der Waals surface area contributed by atoms with Crippen LogP contribution in [0, 0.1) is 0 Å². The van der Waals surface area contributed by atoms with Gasteiger partial charge < -0.3 is 0 Å². The summed E-state index contributed by atoms with van der Waals surface area (Å²) in [7, 11) is 0. The SMILES string of the molecule is C=C1CC(C)(C)c2ccnnc2C1=O. The lowest BCUT2D eigenvalue weighted by atomic mass is 9.72. The predicted molar refractivity (Wildman–Crippen MR) is 53.1 cm³/mol. The summed E-state index contributed by atoms with van der Waals surface area (Å²) in [5.74, 6) is -0.0626. The number of allylic oxidation sites excluding steroid dienone is 1. The van der Waals surface area contributed by atoms with Gasteiger partial charge in [0.25, 0.3) is 0 Å². The van der Waals surface area contributed by atoms with E-state index >= 15 is 0 Å². The van der Waals surface area contributed by atoms with Crippen LogP contribution in [0.4, 0.5) is 0 Å². The van der Waals surface area contributed by atoms with Crippen molar-refractivity contribution in [3.63, 3.8) is 0 Å². The van der Waals surface area contributed by atoms with Gasteiger partial charge in [0.05, 0.1) is 0 Å². The maximum Gasteiger partial charge on any atom is 0.208 e. The molecule has 72 valence electrons. The summed E-state index contributed by atoms with van der Waals surface area (Å²) in [5, 5.41) is 7.62. The Morgan fingerprint density at radius 1 is 1.50 bits per heavy atom. The van der Waals surface area contributed by atoms with E-state index in [9.17, 15) is 4.79 Å². The van der Waals surface area contributed by atoms with E-state index in [-0.39, 0.29) is 11.2 Å². The lowest BCUT2D eigenvalue weighted by Gasteiger charge is -2.31. The van der Waals surface area contributed by atoms with Crippen LogP contribution in [0.5, 0.6) is 0 Å². The van der Waals surface area contributed by atoms with Crippen LogP contribution < -0.4 is 0 Å². The Labute approximate surface area is 82.9 Å². The van der Waals surface area contributed by atoms with E-state index in [1.165, 1.54) is 0 Å². The summed E-state index contributed by atoms with van der Waals surface area (Å²) in [6.07, 6.45) is 2.33. The number of nitrogens with zero attached hydrogens (tertiary/aromatic N) is 2. The van der Waals surface area contributed by atoms with E-state index in [0.29, 0.717) is 17.7 Å². The van der Waals surface area contributed by atoms with Gasteiger partial charge in [0.15, 0.2) is 0 Å². The molecule has 2 rings (SSSR count). The van der Waals surface area contributed by atoms with Gasteiger partial charge in [0.1, 0.15) is 5.69 Å². The maximum absolute atomic E-state index is 11.7. The first-order valence-electron chi connectivity index (χ1n) is 4.57. The molecule has 1 aliphatic carbocycles. The standard InChI is InChI=1S/C11H12N2O/c1-7-6-11(2,3)8-4-5-12-13-9(8)10(7)14/h4-5H,1,6H2,2-3H3. The first-order valence-corrected chi connectivity index (χ1v) is 4.57. The second-order valence-corrected chi connectivity index (χ2v) is 4.29. The lowest BCUT2D eigenvalue weighted by Crippen LogP contribution is -2.30. The zero-order valence-corrected chi connectivity index (χ0v) is 8.37. The van der Waals surface area contributed by atoms with Crippen LogP contribution in [0.3, 0.4) is 0 Å². The molecule has 0 amide bonds. The third-order valence-electron chi connectivity index (χ3n) is 2.64. The minimum absolute atomic E-state index is 0.0593. The fourth-order valence-corrected chi connectivity index (χ4v) is 1.92. The Kier molecular flexibility index (Phi) is 1.77. The summed E-state index contributed by atoms with van der Waals surface area (Å²) in [6, 6.07) is 1.87. The number of hydrogen-bond acceptors (Lipinski definition) is 3. The molecule has 0 aromatic carbocycles. The van der Waals surface area contributed by atoms with Crippen LogP contribution in [0.25, 0.3) is 0 Å². The molecule has 1 aromatic heterocycles. The van der Waals surface area contributed by atoms with Crippen molar-refractivity contribution in [2.24, 2.45) is 0 Å². The number of Topliss-reactive ketones (excluding diaryl/α,β-unsaturated/α-hetero) is 1. The van der Waals surface area contributed by atoms with Gasteiger partial charge >= 0.3 is 0 Å². The molecule has 0 saturated carbocycles. The fraction of sp³-hybridized carbons (Fsp3) is 0.364. The van der Waals surface area contributed by atoms with E-state index in [1.54, 1.807) is 6.20 Å². The highest BCUT2D eigenvalue weighted by molar-refractivity contribution is 6.09. The molecule has 14 heavy (non-hydrogen) atoms. The molecule has 1 heterocycles. The molecule has 0 saturated heterocycles. The average molecular weight is 188 g/mol. The van der Waals surface area contributed by atoms with Crippen molar-refractivity contribution < 1.29 is 4.79 Å². The van der Waals surface area contributed by atoms with Gasteiger partial charge in [-0.05, 0) is 29.0 Å². The molecular weight excluding hydrogens is 176 g/mol. The second kappa shape index (κ2) is 2.74. The average Bonchev–Trinajstić information content (AvgIpc) is 2.14. The van der Waals surface area contributed by atoms with Crippen molar-refractivity contribution in [2.75, 3.05) is 0 Å². The molecule has 0 radical (unpaired) electrons. The summed E-state index contributed by atoms with van der Waals surface area (Å²) < 4.78 is 0. The molecule has 0 N–H and O–H groups in total. The van der Waals surface area contributed by atoms with E-state index in [1.807, 2.05) is 6.07 Å².